The van der Waals surface area contributed by atoms with Gasteiger partial charge < -0.3 is 5.32 Å². The first-order chi connectivity index (χ1) is 11.2. The number of likely N-dealkylation sites (tertiary alicyclic amines) is 1. The van der Waals surface area contributed by atoms with Gasteiger partial charge in [-0.1, -0.05) is 12.1 Å². The van der Waals surface area contributed by atoms with Gasteiger partial charge in [0.2, 0.25) is 5.91 Å². The van der Waals surface area contributed by atoms with E-state index in [-0.39, 0.29) is 24.3 Å². The zero-order valence-corrected chi connectivity index (χ0v) is 13.3. The number of anilines is 1. The summed E-state index contributed by atoms with van der Waals surface area (Å²) in [6, 6.07) is 10.4. The van der Waals surface area contributed by atoms with Crippen molar-refractivity contribution in [3.05, 3.63) is 52.7 Å². The van der Waals surface area contributed by atoms with Crippen LogP contribution in [-0.4, -0.2) is 23.9 Å². The minimum atomic E-state index is -0.252. The molecule has 118 valence electrons. The number of nitrogens with zero attached hydrogens (tertiary/aromatic N) is 2. The fourth-order valence-electron chi connectivity index (χ4n) is 2.92. The molecule has 1 fully saturated rings. The molecule has 1 atom stereocenters. The van der Waals surface area contributed by atoms with Gasteiger partial charge in [0.15, 0.2) is 0 Å². The lowest BCUT2D eigenvalue weighted by Crippen LogP contribution is -2.32. The van der Waals surface area contributed by atoms with Crippen LogP contribution in [-0.2, 0) is 4.79 Å². The predicted octanol–water partition coefficient (Wildman–Crippen LogP) is 3.53. The third kappa shape index (κ3) is 3.58. The Morgan fingerprint density at radius 2 is 2.17 bits per heavy atom. The van der Waals surface area contributed by atoms with Crippen molar-refractivity contribution >= 4 is 22.2 Å². The zero-order chi connectivity index (χ0) is 16.2. The number of carbonyl (C=O) groups is 1. The van der Waals surface area contributed by atoms with Crippen LogP contribution in [0.4, 0.5) is 9.39 Å². The largest absolute Gasteiger partial charge is 0.315 e. The molecule has 23 heavy (non-hydrogen) atoms. The standard InChI is InChI=1S/C17H16FN3OS/c18-14-5-3-12(4-6-14)15-2-1-8-21(15)11-16(22)20-17-13(10-19)7-9-23-17/h3-7,9,15H,1-2,8,11H2,(H,20,22)/t15-/m1/s1. The molecule has 1 aromatic heterocycles. The second-order valence-electron chi connectivity index (χ2n) is 5.50. The van der Waals surface area contributed by atoms with Crippen LogP contribution in [0.25, 0.3) is 0 Å². The maximum atomic E-state index is 13.1. The van der Waals surface area contributed by atoms with Gasteiger partial charge in [-0.3, -0.25) is 9.69 Å². The molecule has 2 aromatic rings. The smallest absolute Gasteiger partial charge is 0.239 e. The van der Waals surface area contributed by atoms with E-state index in [2.05, 4.69) is 16.3 Å². The molecule has 1 aliphatic rings. The number of hydrogen-bond acceptors (Lipinski definition) is 4. The van der Waals surface area contributed by atoms with E-state index in [0.29, 0.717) is 10.6 Å². The summed E-state index contributed by atoms with van der Waals surface area (Å²) in [5.74, 6) is -0.379. The Bertz CT molecular complexity index is 735. The van der Waals surface area contributed by atoms with Gasteiger partial charge in [-0.25, -0.2) is 4.39 Å². The topological polar surface area (TPSA) is 56.1 Å². The lowest BCUT2D eigenvalue weighted by atomic mass is 10.0. The molecule has 6 heteroatoms. The van der Waals surface area contributed by atoms with Crippen LogP contribution < -0.4 is 5.32 Å². The zero-order valence-electron chi connectivity index (χ0n) is 12.5. The van der Waals surface area contributed by atoms with Gasteiger partial charge >= 0.3 is 0 Å². The summed E-state index contributed by atoms with van der Waals surface area (Å²) in [5.41, 5.74) is 1.52. The van der Waals surface area contributed by atoms with Crippen LogP contribution in [0.3, 0.4) is 0 Å². The van der Waals surface area contributed by atoms with E-state index in [1.165, 1.54) is 23.5 Å². The first-order valence-electron chi connectivity index (χ1n) is 7.44. The highest BCUT2D eigenvalue weighted by atomic mass is 32.1. The number of halogens is 1. The van der Waals surface area contributed by atoms with Gasteiger partial charge in [-0.2, -0.15) is 5.26 Å². The van der Waals surface area contributed by atoms with Crippen molar-refractivity contribution in [1.82, 2.24) is 4.90 Å². The molecular formula is C17H16FN3OS. The van der Waals surface area contributed by atoms with Gasteiger partial charge in [-0.15, -0.1) is 11.3 Å². The molecule has 0 saturated carbocycles. The normalized spacial score (nSPS) is 17.8. The van der Waals surface area contributed by atoms with Crippen molar-refractivity contribution in [2.75, 3.05) is 18.4 Å². The molecule has 2 heterocycles. The fourth-order valence-corrected chi connectivity index (χ4v) is 3.68. The lowest BCUT2D eigenvalue weighted by Gasteiger charge is -2.24. The van der Waals surface area contributed by atoms with Gasteiger partial charge in [-0.05, 0) is 48.5 Å². The number of nitrogens with one attached hydrogen (secondary N) is 1. The fraction of sp³-hybridized carbons (Fsp3) is 0.294. The third-order valence-electron chi connectivity index (χ3n) is 4.00. The number of amides is 1. The van der Waals surface area contributed by atoms with E-state index in [4.69, 9.17) is 5.26 Å². The second-order valence-corrected chi connectivity index (χ2v) is 6.42. The van der Waals surface area contributed by atoms with E-state index >= 15 is 0 Å². The lowest BCUT2D eigenvalue weighted by molar-refractivity contribution is -0.117. The SMILES string of the molecule is N#Cc1ccsc1NC(=O)CN1CCC[C@@H]1c1ccc(F)cc1. The van der Waals surface area contributed by atoms with E-state index in [9.17, 15) is 9.18 Å². The molecule has 1 N–H and O–H groups in total. The van der Waals surface area contributed by atoms with Crippen LogP contribution in [0, 0.1) is 17.1 Å². The number of carbonyl (C=O) groups excluding carboxylic acids is 1. The molecule has 0 radical (unpaired) electrons. The molecule has 3 rings (SSSR count). The van der Waals surface area contributed by atoms with E-state index in [1.54, 1.807) is 23.6 Å². The van der Waals surface area contributed by atoms with Crippen molar-refractivity contribution in [1.29, 1.82) is 5.26 Å². The minimum absolute atomic E-state index is 0.127. The minimum Gasteiger partial charge on any atom is -0.315 e. The number of thiophene rings is 1. The Hall–Kier alpha value is -2.23. The number of nitriles is 1. The molecule has 1 aromatic carbocycles. The molecule has 1 saturated heterocycles. The average Bonchev–Trinajstić information content (AvgIpc) is 3.17. The van der Waals surface area contributed by atoms with Gasteiger partial charge in [0.05, 0.1) is 12.1 Å². The monoisotopic (exact) mass is 329 g/mol. The Labute approximate surface area is 138 Å². The molecule has 0 unspecified atom stereocenters. The van der Waals surface area contributed by atoms with Crippen LogP contribution >= 0.6 is 11.3 Å². The van der Waals surface area contributed by atoms with Crippen molar-refractivity contribution < 1.29 is 9.18 Å². The summed E-state index contributed by atoms with van der Waals surface area (Å²) in [6.45, 7) is 1.11. The molecule has 0 bridgehead atoms. The van der Waals surface area contributed by atoms with E-state index in [1.807, 2.05) is 0 Å². The highest BCUT2D eigenvalue weighted by molar-refractivity contribution is 7.14. The Morgan fingerprint density at radius 1 is 1.39 bits per heavy atom. The quantitative estimate of drug-likeness (QED) is 0.933. The predicted molar refractivity (Wildman–Crippen MR) is 87.6 cm³/mol. The number of rotatable bonds is 4. The van der Waals surface area contributed by atoms with E-state index in [0.717, 1.165) is 24.9 Å². The summed E-state index contributed by atoms with van der Waals surface area (Å²) in [4.78, 5) is 14.3. The third-order valence-corrected chi connectivity index (χ3v) is 4.83. The van der Waals surface area contributed by atoms with Crippen molar-refractivity contribution in [3.63, 3.8) is 0 Å². The van der Waals surface area contributed by atoms with Crippen LogP contribution in [0.2, 0.25) is 0 Å². The van der Waals surface area contributed by atoms with Crippen LogP contribution in [0.15, 0.2) is 35.7 Å². The average molecular weight is 329 g/mol. The number of hydrogen-bond donors (Lipinski definition) is 1. The van der Waals surface area contributed by atoms with Crippen molar-refractivity contribution in [2.24, 2.45) is 0 Å². The molecule has 1 aliphatic heterocycles. The Kier molecular flexibility index (Phi) is 4.70. The Morgan fingerprint density at radius 3 is 2.91 bits per heavy atom. The summed E-state index contributed by atoms with van der Waals surface area (Å²) in [6.07, 6.45) is 1.97. The maximum absolute atomic E-state index is 13.1. The van der Waals surface area contributed by atoms with Crippen molar-refractivity contribution in [3.8, 4) is 6.07 Å². The molecule has 1 amide bonds. The molecular weight excluding hydrogens is 313 g/mol. The second kappa shape index (κ2) is 6.90. The van der Waals surface area contributed by atoms with Gasteiger partial charge in [0.25, 0.3) is 0 Å². The summed E-state index contributed by atoms with van der Waals surface area (Å²) < 4.78 is 13.1. The molecule has 0 aliphatic carbocycles. The number of benzene rings is 1. The van der Waals surface area contributed by atoms with Gasteiger partial charge in [0, 0.05) is 6.04 Å². The van der Waals surface area contributed by atoms with Gasteiger partial charge in [0.1, 0.15) is 16.9 Å². The highest BCUT2D eigenvalue weighted by Gasteiger charge is 2.27. The highest BCUT2D eigenvalue weighted by Crippen LogP contribution is 2.32. The summed E-state index contributed by atoms with van der Waals surface area (Å²) in [5, 5.41) is 14.2. The molecule has 0 spiro atoms. The van der Waals surface area contributed by atoms with E-state index < -0.39 is 0 Å². The van der Waals surface area contributed by atoms with Crippen LogP contribution in [0.5, 0.6) is 0 Å². The summed E-state index contributed by atoms with van der Waals surface area (Å²) >= 11 is 1.34. The Balaban J connectivity index is 1.65. The summed E-state index contributed by atoms with van der Waals surface area (Å²) in [7, 11) is 0. The van der Waals surface area contributed by atoms with Crippen molar-refractivity contribution in [2.45, 2.75) is 18.9 Å². The first kappa shape index (κ1) is 15.7. The molecule has 4 nitrogen and oxygen atoms in total. The van der Waals surface area contributed by atoms with Crippen LogP contribution in [0.1, 0.15) is 30.0 Å². The maximum Gasteiger partial charge on any atom is 0.239 e. The first-order valence-corrected chi connectivity index (χ1v) is 8.32.